The number of aromatic hydroxyl groups is 1. The van der Waals surface area contributed by atoms with Gasteiger partial charge in [-0.05, 0) is 48.6 Å². The van der Waals surface area contributed by atoms with Crippen molar-refractivity contribution in [1.82, 2.24) is 4.57 Å². The number of phenolic OH excluding ortho intramolecular Hbond substituents is 1. The summed E-state index contributed by atoms with van der Waals surface area (Å²) in [6.45, 7) is 7.09. The molecule has 8 heteroatoms. The van der Waals surface area contributed by atoms with Gasteiger partial charge >= 0.3 is 5.97 Å². The highest BCUT2D eigenvalue weighted by Crippen LogP contribution is 2.40. The van der Waals surface area contributed by atoms with Crippen LogP contribution in [0.2, 0.25) is 0 Å². The van der Waals surface area contributed by atoms with Crippen LogP contribution >= 0.6 is 0 Å². The molecule has 1 unspecified atom stereocenters. The monoisotopic (exact) mass is 433 g/mol. The van der Waals surface area contributed by atoms with Gasteiger partial charge in [-0.15, -0.1) is 0 Å². The molecule has 5 nitrogen and oxygen atoms in total. The zero-order valence-corrected chi connectivity index (χ0v) is 17.5. The highest BCUT2D eigenvalue weighted by molar-refractivity contribution is 6.05. The maximum Gasteiger partial charge on any atom is 0.311 e. The number of carbonyl (C=O) groups is 2. The summed E-state index contributed by atoms with van der Waals surface area (Å²) in [4.78, 5) is 25.3. The zero-order chi connectivity index (χ0) is 23.2. The first-order chi connectivity index (χ1) is 14.3. The third-order valence-electron chi connectivity index (χ3n) is 5.15. The first-order valence-corrected chi connectivity index (χ1v) is 9.58. The van der Waals surface area contributed by atoms with E-state index in [2.05, 4.69) is 0 Å². The molecule has 1 heterocycles. The van der Waals surface area contributed by atoms with Crippen LogP contribution in [0.25, 0.3) is 10.9 Å². The van der Waals surface area contributed by atoms with E-state index in [4.69, 9.17) is 0 Å². The minimum Gasteiger partial charge on any atom is -0.505 e. The van der Waals surface area contributed by atoms with E-state index in [-0.39, 0.29) is 34.1 Å². The lowest BCUT2D eigenvalue weighted by molar-refractivity contribution is -0.139. The molecule has 0 saturated carbocycles. The second-order valence-corrected chi connectivity index (χ2v) is 8.74. The van der Waals surface area contributed by atoms with E-state index in [1.807, 2.05) is 20.8 Å². The predicted octanol–water partition coefficient (Wildman–Crippen LogP) is 5.37. The molecule has 0 spiro atoms. The molecule has 2 N–H and O–H groups in total. The molecule has 0 amide bonds. The lowest BCUT2D eigenvalue weighted by Crippen LogP contribution is -2.21. The first-order valence-electron chi connectivity index (χ1n) is 9.58. The maximum atomic E-state index is 14.2. The standard InChI is InChI=1S/C23H22F3NO4/c1-11-20(14(22(30)31)10-23(2,3)4)13-8-19(28)17(26)9-18(13)27(11)21(29)12-5-6-15(24)16(25)7-12/h5-9,14,28H,10H2,1-4H3,(H,30,31). The fourth-order valence-corrected chi connectivity index (χ4v) is 3.83. The van der Waals surface area contributed by atoms with Crippen molar-refractivity contribution >= 4 is 22.8 Å². The molecule has 3 rings (SSSR count). The number of halogens is 3. The van der Waals surface area contributed by atoms with Gasteiger partial charge in [0.05, 0.1) is 11.4 Å². The lowest BCUT2D eigenvalue weighted by Gasteiger charge is -2.24. The van der Waals surface area contributed by atoms with Crippen LogP contribution in [-0.4, -0.2) is 26.7 Å². The molecular weight excluding hydrogens is 411 g/mol. The van der Waals surface area contributed by atoms with Crippen molar-refractivity contribution < 1.29 is 33.0 Å². The summed E-state index contributed by atoms with van der Waals surface area (Å²) in [5.74, 6) is -7.01. The number of benzene rings is 2. The molecule has 0 aliphatic rings. The van der Waals surface area contributed by atoms with E-state index in [9.17, 15) is 33.0 Å². The van der Waals surface area contributed by atoms with Gasteiger partial charge in [0.1, 0.15) is 0 Å². The van der Waals surface area contributed by atoms with Crippen LogP contribution in [0.1, 0.15) is 54.7 Å². The molecule has 0 fully saturated rings. The summed E-state index contributed by atoms with van der Waals surface area (Å²) in [6, 6.07) is 4.63. The minimum absolute atomic E-state index is 0.0256. The molecule has 0 radical (unpaired) electrons. The molecule has 0 aliphatic heterocycles. The van der Waals surface area contributed by atoms with Gasteiger partial charge in [-0.25, -0.2) is 13.2 Å². The van der Waals surface area contributed by atoms with Crippen molar-refractivity contribution in [3.63, 3.8) is 0 Å². The number of carboxylic acid groups (broad SMARTS) is 1. The molecular formula is C23H22F3NO4. The average Bonchev–Trinajstić information content (AvgIpc) is 2.92. The van der Waals surface area contributed by atoms with E-state index < -0.39 is 46.4 Å². The largest absolute Gasteiger partial charge is 0.505 e. The molecule has 0 aliphatic carbocycles. The Morgan fingerprint density at radius 2 is 1.68 bits per heavy atom. The van der Waals surface area contributed by atoms with Crippen LogP contribution in [0.3, 0.4) is 0 Å². The van der Waals surface area contributed by atoms with Crippen molar-refractivity contribution in [2.75, 3.05) is 0 Å². The Kier molecular flexibility index (Phi) is 5.60. The Morgan fingerprint density at radius 1 is 1.03 bits per heavy atom. The number of carboxylic acids is 1. The number of hydrogen-bond donors (Lipinski definition) is 2. The van der Waals surface area contributed by atoms with Gasteiger partial charge in [0.15, 0.2) is 23.2 Å². The van der Waals surface area contributed by atoms with E-state index in [0.717, 1.165) is 34.9 Å². The van der Waals surface area contributed by atoms with Gasteiger partial charge in [-0.1, -0.05) is 20.8 Å². The number of carbonyl (C=O) groups excluding carboxylic acids is 1. The van der Waals surface area contributed by atoms with Crippen molar-refractivity contribution in [3.05, 3.63) is 64.6 Å². The Labute approximate surface area is 176 Å². The Balaban J connectivity index is 2.33. The quantitative estimate of drug-likeness (QED) is 0.580. The Hall–Kier alpha value is -3.29. The Morgan fingerprint density at radius 3 is 2.23 bits per heavy atom. The summed E-state index contributed by atoms with van der Waals surface area (Å²) in [7, 11) is 0. The number of aromatic nitrogens is 1. The summed E-state index contributed by atoms with van der Waals surface area (Å²) in [5, 5.41) is 20.0. The second kappa shape index (κ2) is 7.76. The SMILES string of the molecule is Cc1c(C(CC(C)(C)C)C(=O)O)c2cc(O)c(F)cc2n1C(=O)c1ccc(F)c(F)c1. The van der Waals surface area contributed by atoms with Gasteiger partial charge in [-0.3, -0.25) is 14.2 Å². The highest BCUT2D eigenvalue weighted by Gasteiger charge is 2.33. The molecule has 1 aromatic heterocycles. The van der Waals surface area contributed by atoms with Crippen molar-refractivity contribution in [2.45, 2.75) is 40.0 Å². The smallest absolute Gasteiger partial charge is 0.311 e. The van der Waals surface area contributed by atoms with Crippen LogP contribution in [0.4, 0.5) is 13.2 Å². The molecule has 2 aromatic carbocycles. The highest BCUT2D eigenvalue weighted by atomic mass is 19.2. The van der Waals surface area contributed by atoms with Gasteiger partial charge in [0, 0.05) is 22.7 Å². The van der Waals surface area contributed by atoms with E-state index in [1.54, 1.807) is 0 Å². The zero-order valence-electron chi connectivity index (χ0n) is 17.5. The summed E-state index contributed by atoms with van der Waals surface area (Å²) < 4.78 is 42.3. The number of fused-ring (bicyclic) bond motifs is 1. The first kappa shape index (κ1) is 22.4. The van der Waals surface area contributed by atoms with Gasteiger partial charge < -0.3 is 10.2 Å². The molecule has 164 valence electrons. The fourth-order valence-electron chi connectivity index (χ4n) is 3.83. The van der Waals surface area contributed by atoms with Crippen LogP contribution in [-0.2, 0) is 4.79 Å². The van der Waals surface area contributed by atoms with Crippen LogP contribution < -0.4 is 0 Å². The topological polar surface area (TPSA) is 79.5 Å². The van der Waals surface area contributed by atoms with E-state index in [0.29, 0.717) is 0 Å². The van der Waals surface area contributed by atoms with Crippen molar-refractivity contribution in [3.8, 4) is 5.75 Å². The third kappa shape index (κ3) is 4.15. The number of nitrogens with zero attached hydrogens (tertiary/aromatic N) is 1. The lowest BCUT2D eigenvalue weighted by atomic mass is 9.80. The summed E-state index contributed by atoms with van der Waals surface area (Å²) >= 11 is 0. The number of rotatable bonds is 4. The molecule has 1 atom stereocenters. The predicted molar refractivity (Wildman–Crippen MR) is 109 cm³/mol. The average molecular weight is 433 g/mol. The van der Waals surface area contributed by atoms with Crippen LogP contribution in [0.15, 0.2) is 30.3 Å². The van der Waals surface area contributed by atoms with Gasteiger partial charge in [-0.2, -0.15) is 0 Å². The van der Waals surface area contributed by atoms with Crippen molar-refractivity contribution in [1.29, 1.82) is 0 Å². The minimum atomic E-state index is -1.22. The summed E-state index contributed by atoms with van der Waals surface area (Å²) in [5.41, 5.74) is -0.0924. The molecule has 31 heavy (non-hydrogen) atoms. The van der Waals surface area contributed by atoms with Gasteiger partial charge in [0.25, 0.3) is 5.91 Å². The van der Waals surface area contributed by atoms with E-state index >= 15 is 0 Å². The van der Waals surface area contributed by atoms with Crippen molar-refractivity contribution in [2.24, 2.45) is 5.41 Å². The molecule has 3 aromatic rings. The number of hydrogen-bond acceptors (Lipinski definition) is 3. The second-order valence-electron chi connectivity index (χ2n) is 8.74. The Bertz CT molecular complexity index is 1210. The normalized spacial score (nSPS) is 12.9. The fraction of sp³-hybridized carbons (Fsp3) is 0.304. The molecule has 0 bridgehead atoms. The summed E-state index contributed by atoms with van der Waals surface area (Å²) in [6.07, 6.45) is 0.208. The maximum absolute atomic E-state index is 14.2. The third-order valence-corrected chi connectivity index (χ3v) is 5.15. The molecule has 0 saturated heterocycles. The van der Waals surface area contributed by atoms with Crippen LogP contribution in [0.5, 0.6) is 5.75 Å². The number of phenols is 1. The van der Waals surface area contributed by atoms with E-state index in [1.165, 1.54) is 6.92 Å². The van der Waals surface area contributed by atoms with Crippen LogP contribution in [0, 0.1) is 29.8 Å². The van der Waals surface area contributed by atoms with Gasteiger partial charge in [0.2, 0.25) is 0 Å². The number of aliphatic carboxylic acids is 1.